The summed E-state index contributed by atoms with van der Waals surface area (Å²) in [6.45, 7) is 0. The number of halogens is 2. The first-order valence-electron chi connectivity index (χ1n) is 4.30. The lowest BCUT2D eigenvalue weighted by Gasteiger charge is -2.06. The lowest BCUT2D eigenvalue weighted by atomic mass is 10.0. The lowest BCUT2D eigenvalue weighted by Crippen LogP contribution is -2.07. The number of aliphatic carboxylic acids is 1. The first-order chi connectivity index (χ1) is 6.59. The summed E-state index contributed by atoms with van der Waals surface area (Å²) < 4.78 is 0. The average molecular weight is 231 g/mol. The van der Waals surface area contributed by atoms with Crippen LogP contribution >= 0.6 is 23.2 Å². The molecule has 14 heavy (non-hydrogen) atoms. The Hall–Kier alpha value is -0.730. The number of carbonyl (C=O) groups is 1. The summed E-state index contributed by atoms with van der Waals surface area (Å²) in [6, 6.07) is 3.44. The second-order valence-corrected chi connectivity index (χ2v) is 4.21. The molecule has 0 radical (unpaired) electrons. The van der Waals surface area contributed by atoms with Gasteiger partial charge in [0.1, 0.15) is 0 Å². The number of benzene rings is 1. The van der Waals surface area contributed by atoms with Crippen molar-refractivity contribution in [3.8, 4) is 0 Å². The third-order valence-electron chi connectivity index (χ3n) is 2.56. The van der Waals surface area contributed by atoms with Crippen LogP contribution in [0.25, 0.3) is 0 Å². The first kappa shape index (κ1) is 9.81. The molecule has 0 saturated heterocycles. The SMILES string of the molecule is O=C(O)[C@@H]1CCc2cc(Cl)c(Cl)cc21. The molecule has 4 heteroatoms. The zero-order valence-corrected chi connectivity index (χ0v) is 8.77. The van der Waals surface area contributed by atoms with Crippen LogP contribution in [0.5, 0.6) is 0 Å². The van der Waals surface area contributed by atoms with Gasteiger partial charge in [-0.2, -0.15) is 0 Å². The molecule has 0 saturated carbocycles. The van der Waals surface area contributed by atoms with Gasteiger partial charge in [-0.05, 0) is 36.1 Å². The molecular weight excluding hydrogens is 223 g/mol. The highest BCUT2D eigenvalue weighted by Crippen LogP contribution is 2.37. The van der Waals surface area contributed by atoms with Crippen molar-refractivity contribution in [1.82, 2.24) is 0 Å². The van der Waals surface area contributed by atoms with E-state index in [0.717, 1.165) is 17.5 Å². The summed E-state index contributed by atoms with van der Waals surface area (Å²) in [5.74, 6) is -1.21. The van der Waals surface area contributed by atoms with E-state index in [1.54, 1.807) is 12.1 Å². The van der Waals surface area contributed by atoms with E-state index in [2.05, 4.69) is 0 Å². The number of hydrogen-bond acceptors (Lipinski definition) is 1. The van der Waals surface area contributed by atoms with E-state index in [9.17, 15) is 4.79 Å². The second kappa shape index (κ2) is 3.44. The second-order valence-electron chi connectivity index (χ2n) is 3.39. The number of carboxylic acids is 1. The number of rotatable bonds is 1. The lowest BCUT2D eigenvalue weighted by molar-refractivity contribution is -0.138. The van der Waals surface area contributed by atoms with Gasteiger partial charge in [0.15, 0.2) is 0 Å². The van der Waals surface area contributed by atoms with Gasteiger partial charge in [-0.3, -0.25) is 4.79 Å². The van der Waals surface area contributed by atoms with Gasteiger partial charge in [0.25, 0.3) is 0 Å². The molecule has 1 aliphatic rings. The third-order valence-corrected chi connectivity index (χ3v) is 3.28. The molecule has 0 spiro atoms. The highest BCUT2D eigenvalue weighted by Gasteiger charge is 2.29. The van der Waals surface area contributed by atoms with Gasteiger partial charge in [-0.25, -0.2) is 0 Å². The van der Waals surface area contributed by atoms with Gasteiger partial charge in [-0.15, -0.1) is 0 Å². The molecule has 74 valence electrons. The van der Waals surface area contributed by atoms with Crippen molar-refractivity contribution >= 4 is 29.2 Å². The molecule has 0 bridgehead atoms. The quantitative estimate of drug-likeness (QED) is 0.806. The fraction of sp³-hybridized carbons (Fsp3) is 0.300. The van der Waals surface area contributed by atoms with Crippen LogP contribution in [-0.4, -0.2) is 11.1 Å². The Bertz CT molecular complexity index is 401. The topological polar surface area (TPSA) is 37.3 Å². The standard InChI is InChI=1S/C10H8Cl2O2/c11-8-3-5-1-2-6(10(13)14)7(5)4-9(8)12/h3-4,6H,1-2H2,(H,13,14)/t6-/m1/s1. The molecule has 0 heterocycles. The Morgan fingerprint density at radius 2 is 2.00 bits per heavy atom. The molecule has 0 fully saturated rings. The minimum atomic E-state index is -0.790. The molecule has 1 aromatic carbocycles. The summed E-state index contributed by atoms with van der Waals surface area (Å²) in [5.41, 5.74) is 1.82. The monoisotopic (exact) mass is 230 g/mol. The highest BCUT2D eigenvalue weighted by atomic mass is 35.5. The van der Waals surface area contributed by atoms with Gasteiger partial charge >= 0.3 is 5.97 Å². The summed E-state index contributed by atoms with van der Waals surface area (Å²) in [6.07, 6.45) is 1.41. The molecule has 0 aliphatic heterocycles. The van der Waals surface area contributed by atoms with E-state index in [1.807, 2.05) is 0 Å². The number of aryl methyl sites for hydroxylation is 1. The Balaban J connectivity index is 2.50. The molecule has 0 amide bonds. The van der Waals surface area contributed by atoms with Crippen LogP contribution in [0, 0.1) is 0 Å². The van der Waals surface area contributed by atoms with Crippen LogP contribution in [0.2, 0.25) is 10.0 Å². The molecule has 2 nitrogen and oxygen atoms in total. The number of hydrogen-bond donors (Lipinski definition) is 1. The van der Waals surface area contributed by atoms with Crippen LogP contribution < -0.4 is 0 Å². The van der Waals surface area contributed by atoms with Crippen LogP contribution in [0.3, 0.4) is 0 Å². The zero-order chi connectivity index (χ0) is 10.3. The molecule has 1 aromatic rings. The first-order valence-corrected chi connectivity index (χ1v) is 5.06. The Labute approximate surface area is 91.4 Å². The summed E-state index contributed by atoms with van der Waals surface area (Å²) in [7, 11) is 0. The van der Waals surface area contributed by atoms with Crippen molar-refractivity contribution in [2.45, 2.75) is 18.8 Å². The van der Waals surface area contributed by atoms with Crippen molar-refractivity contribution in [2.24, 2.45) is 0 Å². The van der Waals surface area contributed by atoms with Crippen molar-refractivity contribution in [3.05, 3.63) is 33.3 Å². The maximum atomic E-state index is 10.9. The van der Waals surface area contributed by atoms with E-state index in [4.69, 9.17) is 28.3 Å². The largest absolute Gasteiger partial charge is 0.481 e. The number of carboxylic acid groups (broad SMARTS) is 1. The normalized spacial score (nSPS) is 19.4. The van der Waals surface area contributed by atoms with Crippen LogP contribution in [0.15, 0.2) is 12.1 Å². The Kier molecular flexibility index (Phi) is 2.41. The maximum absolute atomic E-state index is 10.9. The third kappa shape index (κ3) is 1.49. The molecule has 0 unspecified atom stereocenters. The fourth-order valence-corrected chi connectivity index (χ4v) is 2.21. The molecular formula is C10H8Cl2O2. The predicted octanol–water partition coefficient (Wildman–Crippen LogP) is 3.11. The average Bonchev–Trinajstić information content (AvgIpc) is 2.48. The molecule has 0 aromatic heterocycles. The van der Waals surface area contributed by atoms with Crippen LogP contribution in [-0.2, 0) is 11.2 Å². The van der Waals surface area contributed by atoms with Crippen LogP contribution in [0.4, 0.5) is 0 Å². The fourth-order valence-electron chi connectivity index (χ4n) is 1.86. The predicted molar refractivity (Wildman–Crippen MR) is 55.2 cm³/mol. The highest BCUT2D eigenvalue weighted by molar-refractivity contribution is 6.42. The van der Waals surface area contributed by atoms with Crippen molar-refractivity contribution < 1.29 is 9.90 Å². The van der Waals surface area contributed by atoms with E-state index < -0.39 is 11.9 Å². The molecule has 2 rings (SSSR count). The molecule has 1 aliphatic carbocycles. The van der Waals surface area contributed by atoms with Crippen LogP contribution in [0.1, 0.15) is 23.5 Å². The van der Waals surface area contributed by atoms with Gasteiger partial charge in [0.2, 0.25) is 0 Å². The smallest absolute Gasteiger partial charge is 0.310 e. The summed E-state index contributed by atoms with van der Waals surface area (Å²) in [5, 5.41) is 9.87. The van der Waals surface area contributed by atoms with E-state index in [1.165, 1.54) is 0 Å². The van der Waals surface area contributed by atoms with Gasteiger partial charge in [0, 0.05) is 0 Å². The van der Waals surface area contributed by atoms with Gasteiger partial charge in [-0.1, -0.05) is 23.2 Å². The Morgan fingerprint density at radius 1 is 1.36 bits per heavy atom. The Morgan fingerprint density at radius 3 is 2.64 bits per heavy atom. The van der Waals surface area contributed by atoms with Crippen molar-refractivity contribution in [2.75, 3.05) is 0 Å². The minimum absolute atomic E-state index is 0.417. The minimum Gasteiger partial charge on any atom is -0.481 e. The maximum Gasteiger partial charge on any atom is 0.310 e. The molecule has 1 atom stereocenters. The molecule has 1 N–H and O–H groups in total. The van der Waals surface area contributed by atoms with Crippen molar-refractivity contribution in [3.63, 3.8) is 0 Å². The number of fused-ring (bicyclic) bond motifs is 1. The zero-order valence-electron chi connectivity index (χ0n) is 7.26. The van der Waals surface area contributed by atoms with E-state index >= 15 is 0 Å². The van der Waals surface area contributed by atoms with Gasteiger partial charge in [0.05, 0.1) is 16.0 Å². The summed E-state index contributed by atoms with van der Waals surface area (Å²) >= 11 is 11.7. The van der Waals surface area contributed by atoms with Gasteiger partial charge < -0.3 is 5.11 Å². The van der Waals surface area contributed by atoms with E-state index in [0.29, 0.717) is 16.5 Å². The van der Waals surface area contributed by atoms with Crippen molar-refractivity contribution in [1.29, 1.82) is 0 Å². The summed E-state index contributed by atoms with van der Waals surface area (Å²) in [4.78, 5) is 10.9. The van der Waals surface area contributed by atoms with E-state index in [-0.39, 0.29) is 0 Å².